The monoisotopic (exact) mass is 294 g/mol. The van der Waals surface area contributed by atoms with Gasteiger partial charge in [-0.25, -0.2) is 4.39 Å². The van der Waals surface area contributed by atoms with Crippen LogP contribution in [0.25, 0.3) is 0 Å². The van der Waals surface area contributed by atoms with Gasteiger partial charge < -0.3 is 15.3 Å². The summed E-state index contributed by atoms with van der Waals surface area (Å²) in [6.07, 6.45) is 5.57. The van der Waals surface area contributed by atoms with E-state index in [4.69, 9.17) is 0 Å². The van der Waals surface area contributed by atoms with Crippen molar-refractivity contribution in [3.8, 4) is 0 Å². The number of rotatable bonds is 6. The number of halogens is 1. The van der Waals surface area contributed by atoms with Crippen LogP contribution in [0.15, 0.2) is 18.2 Å². The quantitative estimate of drug-likeness (QED) is 0.792. The van der Waals surface area contributed by atoms with Gasteiger partial charge in [0, 0.05) is 18.8 Å². The highest BCUT2D eigenvalue weighted by molar-refractivity contribution is 5.55. The lowest BCUT2D eigenvalue weighted by Gasteiger charge is -2.32. The molecule has 1 aromatic rings. The van der Waals surface area contributed by atoms with Crippen molar-refractivity contribution in [2.45, 2.75) is 51.6 Å². The molecule has 1 heterocycles. The second kappa shape index (κ2) is 8.35. The highest BCUT2D eigenvalue weighted by Gasteiger charge is 2.22. The number of benzene rings is 1. The Balaban J connectivity index is 2.22. The van der Waals surface area contributed by atoms with E-state index in [1.54, 1.807) is 6.07 Å². The van der Waals surface area contributed by atoms with E-state index >= 15 is 0 Å². The molecule has 118 valence electrons. The highest BCUT2D eigenvalue weighted by Crippen LogP contribution is 2.28. The first-order chi connectivity index (χ1) is 10.3. The predicted molar refractivity (Wildman–Crippen MR) is 85.1 cm³/mol. The van der Waals surface area contributed by atoms with Gasteiger partial charge >= 0.3 is 0 Å². The Bertz CT molecular complexity index is 439. The summed E-state index contributed by atoms with van der Waals surface area (Å²) < 4.78 is 13.6. The number of hydrogen-bond acceptors (Lipinski definition) is 3. The fraction of sp³-hybridized carbons (Fsp3) is 0.647. The van der Waals surface area contributed by atoms with Gasteiger partial charge in [0.05, 0.1) is 12.6 Å². The van der Waals surface area contributed by atoms with Crippen molar-refractivity contribution in [2.24, 2.45) is 0 Å². The maximum Gasteiger partial charge on any atom is 0.123 e. The van der Waals surface area contributed by atoms with Crippen molar-refractivity contribution < 1.29 is 9.50 Å². The topological polar surface area (TPSA) is 35.5 Å². The molecule has 1 aromatic carbocycles. The van der Waals surface area contributed by atoms with Crippen LogP contribution in [-0.4, -0.2) is 30.8 Å². The zero-order valence-electron chi connectivity index (χ0n) is 12.9. The van der Waals surface area contributed by atoms with Crippen LogP contribution in [0.4, 0.5) is 10.1 Å². The van der Waals surface area contributed by atoms with Crippen molar-refractivity contribution in [3.63, 3.8) is 0 Å². The molecule has 21 heavy (non-hydrogen) atoms. The number of aliphatic hydroxyl groups excluding tert-OH is 1. The van der Waals surface area contributed by atoms with Crippen LogP contribution < -0.4 is 10.2 Å². The summed E-state index contributed by atoms with van der Waals surface area (Å²) in [7, 11) is 0. The summed E-state index contributed by atoms with van der Waals surface area (Å²) in [6, 6.07) is 5.17. The molecule has 0 amide bonds. The molecular formula is C17H27FN2O. The van der Waals surface area contributed by atoms with Gasteiger partial charge in [-0.1, -0.05) is 19.8 Å². The third-order valence-electron chi connectivity index (χ3n) is 4.18. The molecule has 1 aliphatic rings. The smallest absolute Gasteiger partial charge is 0.123 e. The van der Waals surface area contributed by atoms with Gasteiger partial charge in [-0.2, -0.15) is 0 Å². The number of nitrogens with one attached hydrogen (secondary N) is 1. The summed E-state index contributed by atoms with van der Waals surface area (Å²) in [4.78, 5) is 2.27. The molecule has 0 spiro atoms. The van der Waals surface area contributed by atoms with Gasteiger partial charge in [0.15, 0.2) is 0 Å². The zero-order chi connectivity index (χ0) is 15.1. The Labute approximate surface area is 127 Å². The van der Waals surface area contributed by atoms with E-state index in [1.807, 2.05) is 6.07 Å². The van der Waals surface area contributed by atoms with Gasteiger partial charge in [0.2, 0.25) is 0 Å². The van der Waals surface area contributed by atoms with E-state index < -0.39 is 0 Å². The minimum absolute atomic E-state index is 0.155. The molecule has 0 aliphatic carbocycles. The molecule has 0 radical (unpaired) electrons. The Kier molecular flexibility index (Phi) is 6.46. The summed E-state index contributed by atoms with van der Waals surface area (Å²) in [5.74, 6) is -0.192. The number of anilines is 1. The number of nitrogens with zero attached hydrogens (tertiary/aromatic N) is 1. The van der Waals surface area contributed by atoms with E-state index in [0.29, 0.717) is 6.54 Å². The largest absolute Gasteiger partial charge is 0.394 e. The molecule has 1 atom stereocenters. The molecule has 3 nitrogen and oxygen atoms in total. The van der Waals surface area contributed by atoms with Crippen LogP contribution in [0.2, 0.25) is 0 Å². The Morgan fingerprint density at radius 2 is 2.19 bits per heavy atom. The van der Waals surface area contributed by atoms with Crippen LogP contribution in [0.5, 0.6) is 0 Å². The standard InChI is InChI=1S/C17H27FN2O/c1-2-9-19-12-14-11-15(18)7-8-17(14)20-10-5-3-4-6-16(20)13-21/h7-8,11,16,19,21H,2-6,9-10,12-13H2,1H3. The normalized spacial score (nSPS) is 19.6. The average molecular weight is 294 g/mol. The van der Waals surface area contributed by atoms with E-state index in [9.17, 15) is 9.50 Å². The second-order valence-corrected chi connectivity index (χ2v) is 5.83. The molecule has 0 bridgehead atoms. The average Bonchev–Trinajstić information content (AvgIpc) is 2.73. The lowest BCUT2D eigenvalue weighted by atomic mass is 10.1. The minimum atomic E-state index is -0.192. The molecular weight excluding hydrogens is 267 g/mol. The van der Waals surface area contributed by atoms with E-state index in [2.05, 4.69) is 17.1 Å². The fourth-order valence-corrected chi connectivity index (χ4v) is 3.06. The molecule has 1 fully saturated rings. The first kappa shape index (κ1) is 16.2. The van der Waals surface area contributed by atoms with Gasteiger partial charge in [-0.15, -0.1) is 0 Å². The lowest BCUT2D eigenvalue weighted by molar-refractivity contribution is 0.255. The first-order valence-corrected chi connectivity index (χ1v) is 8.13. The molecule has 1 unspecified atom stereocenters. The lowest BCUT2D eigenvalue weighted by Crippen LogP contribution is -2.38. The summed E-state index contributed by atoms with van der Waals surface area (Å²) in [5.41, 5.74) is 2.06. The van der Waals surface area contributed by atoms with Crippen molar-refractivity contribution in [1.82, 2.24) is 5.32 Å². The Morgan fingerprint density at radius 3 is 2.95 bits per heavy atom. The van der Waals surface area contributed by atoms with Crippen molar-refractivity contribution >= 4 is 5.69 Å². The van der Waals surface area contributed by atoms with Crippen LogP contribution in [-0.2, 0) is 6.54 Å². The molecule has 0 aromatic heterocycles. The summed E-state index contributed by atoms with van der Waals surface area (Å²) in [5, 5.41) is 13.0. The highest BCUT2D eigenvalue weighted by atomic mass is 19.1. The van der Waals surface area contributed by atoms with Crippen LogP contribution in [0.1, 0.15) is 44.6 Å². The molecule has 4 heteroatoms. The first-order valence-electron chi connectivity index (χ1n) is 8.13. The predicted octanol–water partition coefficient (Wildman–Crippen LogP) is 3.07. The van der Waals surface area contributed by atoms with Gasteiger partial charge in [-0.3, -0.25) is 0 Å². The summed E-state index contributed by atoms with van der Waals surface area (Å²) >= 11 is 0. The van der Waals surface area contributed by atoms with Gasteiger partial charge in [0.25, 0.3) is 0 Å². The fourth-order valence-electron chi connectivity index (χ4n) is 3.06. The molecule has 2 rings (SSSR count). The molecule has 1 aliphatic heterocycles. The van der Waals surface area contributed by atoms with Crippen LogP contribution in [0.3, 0.4) is 0 Å². The second-order valence-electron chi connectivity index (χ2n) is 5.83. The SMILES string of the molecule is CCCNCc1cc(F)ccc1N1CCCCCC1CO. The summed E-state index contributed by atoms with van der Waals surface area (Å²) in [6.45, 7) is 4.84. The van der Waals surface area contributed by atoms with Gasteiger partial charge in [-0.05, 0) is 49.6 Å². The molecule has 1 saturated heterocycles. The van der Waals surface area contributed by atoms with E-state index in [-0.39, 0.29) is 18.5 Å². The van der Waals surface area contributed by atoms with E-state index in [1.165, 1.54) is 12.5 Å². The van der Waals surface area contributed by atoms with Crippen molar-refractivity contribution in [1.29, 1.82) is 0 Å². The third-order valence-corrected chi connectivity index (χ3v) is 4.18. The van der Waals surface area contributed by atoms with Gasteiger partial charge in [0.1, 0.15) is 5.82 Å². The molecule has 2 N–H and O–H groups in total. The van der Waals surface area contributed by atoms with Crippen LogP contribution >= 0.6 is 0 Å². The van der Waals surface area contributed by atoms with Crippen molar-refractivity contribution in [3.05, 3.63) is 29.6 Å². The Hall–Kier alpha value is -1.13. The Morgan fingerprint density at radius 1 is 1.33 bits per heavy atom. The minimum Gasteiger partial charge on any atom is -0.394 e. The number of hydrogen-bond donors (Lipinski definition) is 2. The van der Waals surface area contributed by atoms with E-state index in [0.717, 1.165) is 50.0 Å². The third kappa shape index (κ3) is 4.42. The maximum atomic E-state index is 13.6. The molecule has 0 saturated carbocycles. The maximum absolute atomic E-state index is 13.6. The number of aliphatic hydroxyl groups is 1. The van der Waals surface area contributed by atoms with Crippen molar-refractivity contribution in [2.75, 3.05) is 24.6 Å². The van der Waals surface area contributed by atoms with Crippen LogP contribution in [0, 0.1) is 5.82 Å². The zero-order valence-corrected chi connectivity index (χ0v) is 12.9.